The minimum absolute atomic E-state index is 0.0275. The number of hydrogen-bond donors (Lipinski definition) is 2. The van der Waals surface area contributed by atoms with Crippen molar-refractivity contribution in [1.29, 1.82) is 0 Å². The molecule has 3 saturated heterocycles. The number of pyridine rings is 1. The molecule has 3 aliphatic heterocycles. The Balaban J connectivity index is 1.49. The van der Waals surface area contributed by atoms with Gasteiger partial charge >= 0.3 is 12.1 Å². The Morgan fingerprint density at radius 3 is 2.27 bits per heavy atom. The monoisotopic (exact) mass is 736 g/mol. The summed E-state index contributed by atoms with van der Waals surface area (Å²) in [6.45, 7) is 2.64. The molecule has 51 heavy (non-hydrogen) atoms. The Kier molecular flexibility index (Phi) is 11.1. The summed E-state index contributed by atoms with van der Waals surface area (Å²) in [6, 6.07) is 17.5. The van der Waals surface area contributed by atoms with Crippen molar-refractivity contribution in [3.05, 3.63) is 111 Å². The molecule has 11 nitrogen and oxygen atoms in total. The molecule has 2 N–H and O–H groups in total. The zero-order valence-corrected chi connectivity index (χ0v) is 30.1. The molecule has 4 heterocycles. The number of rotatable bonds is 12. The van der Waals surface area contributed by atoms with Crippen LogP contribution in [0.3, 0.4) is 0 Å². The first-order valence-electron chi connectivity index (χ1n) is 16.6. The molecular weight excluding hydrogens is 697 g/mol. The zero-order valence-electron chi connectivity index (χ0n) is 28.6. The number of carbonyl (C=O) groups excluding carboxylic acids is 1. The summed E-state index contributed by atoms with van der Waals surface area (Å²) in [4.78, 5) is 31.1. The zero-order chi connectivity index (χ0) is 36.2. The highest BCUT2D eigenvalue weighted by molar-refractivity contribution is 6.35. The molecule has 3 aromatic carbocycles. The van der Waals surface area contributed by atoms with Crippen molar-refractivity contribution in [2.45, 2.75) is 37.8 Å². The molecular formula is C38H40Cl2N3O8+. The number of carboxylic acids is 1. The van der Waals surface area contributed by atoms with Gasteiger partial charge in [-0.2, -0.15) is 0 Å². The van der Waals surface area contributed by atoms with Crippen molar-refractivity contribution in [2.24, 2.45) is 5.92 Å². The van der Waals surface area contributed by atoms with E-state index in [1.54, 1.807) is 55.6 Å². The number of aromatic carboxylic acids is 1. The lowest BCUT2D eigenvalue weighted by Gasteiger charge is -2.44. The van der Waals surface area contributed by atoms with Crippen LogP contribution in [-0.2, 0) is 17.7 Å². The van der Waals surface area contributed by atoms with Gasteiger partial charge in [-0.05, 0) is 85.3 Å². The molecule has 1 aromatic heterocycles. The van der Waals surface area contributed by atoms with Gasteiger partial charge in [0.25, 0.3) is 0 Å². The molecule has 3 aliphatic rings. The predicted molar refractivity (Wildman–Crippen MR) is 191 cm³/mol. The number of methoxy groups -OCH3 is 3. The van der Waals surface area contributed by atoms with E-state index >= 15 is 0 Å². The van der Waals surface area contributed by atoms with Crippen LogP contribution in [0.15, 0.2) is 73.1 Å². The molecule has 3 fully saturated rings. The molecule has 268 valence electrons. The number of piperidine rings is 3. The van der Waals surface area contributed by atoms with E-state index in [1.807, 2.05) is 6.07 Å². The second kappa shape index (κ2) is 15.7. The smallest absolute Gasteiger partial charge is 0.414 e. The number of benzene rings is 3. The molecule has 2 atom stereocenters. The van der Waals surface area contributed by atoms with Gasteiger partial charge in [-0.15, -0.1) is 0 Å². The number of amides is 1. The lowest BCUT2D eigenvalue weighted by atomic mass is 9.80. The molecule has 0 unspecified atom stereocenters. The van der Waals surface area contributed by atoms with E-state index in [0.717, 1.165) is 30.7 Å². The number of hydrogen-bond acceptors (Lipinski definition) is 8. The van der Waals surface area contributed by atoms with E-state index in [4.69, 9.17) is 42.1 Å². The summed E-state index contributed by atoms with van der Waals surface area (Å²) in [7, 11) is 4.60. The molecule has 2 bridgehead atoms. The average molecular weight is 738 g/mol. The van der Waals surface area contributed by atoms with Crippen LogP contribution in [0.25, 0.3) is 0 Å². The Hall–Kier alpha value is -4.71. The van der Waals surface area contributed by atoms with Crippen molar-refractivity contribution in [3.8, 4) is 17.2 Å². The maximum Gasteiger partial charge on any atom is 0.414 e. The van der Waals surface area contributed by atoms with Crippen LogP contribution in [0.5, 0.6) is 17.2 Å². The van der Waals surface area contributed by atoms with Gasteiger partial charge in [0.05, 0.1) is 39.1 Å². The lowest BCUT2D eigenvalue weighted by Crippen LogP contribution is -2.53. The van der Waals surface area contributed by atoms with Gasteiger partial charge in [-0.3, -0.25) is 15.0 Å². The van der Waals surface area contributed by atoms with Crippen molar-refractivity contribution in [2.75, 3.05) is 45.9 Å². The summed E-state index contributed by atoms with van der Waals surface area (Å²) in [5.41, 5.74) is 2.72. The van der Waals surface area contributed by atoms with Crippen molar-refractivity contribution in [1.82, 2.24) is 4.90 Å². The first-order chi connectivity index (χ1) is 24.6. The van der Waals surface area contributed by atoms with Gasteiger partial charge in [-0.1, -0.05) is 47.5 Å². The van der Waals surface area contributed by atoms with Crippen LogP contribution < -0.4 is 23.8 Å². The van der Waals surface area contributed by atoms with Crippen LogP contribution in [0.4, 0.5) is 10.5 Å². The molecule has 0 aliphatic carbocycles. The van der Waals surface area contributed by atoms with Gasteiger partial charge < -0.3 is 24.1 Å². The van der Waals surface area contributed by atoms with Crippen molar-refractivity contribution in [3.63, 3.8) is 0 Å². The Morgan fingerprint density at radius 2 is 1.65 bits per heavy atom. The van der Waals surface area contributed by atoms with Gasteiger partial charge in [0, 0.05) is 28.8 Å². The molecule has 0 radical (unpaired) electrons. The van der Waals surface area contributed by atoms with E-state index in [1.165, 1.54) is 37.6 Å². The Bertz CT molecular complexity index is 1890. The quantitative estimate of drug-likeness (QED) is 0.119. The Labute approximate surface area is 306 Å². The van der Waals surface area contributed by atoms with Crippen LogP contribution in [0.1, 0.15) is 51.4 Å². The number of aromatic nitrogens is 1. The van der Waals surface area contributed by atoms with E-state index in [-0.39, 0.29) is 40.6 Å². The standard InChI is InChI=1S/C38H39Cl2N3O8/c1-48-27-8-5-7-26(17-27)43(38(46)51-35-22-41-14-12-23(35)13-15-41)19-25-6-4-9-28(37(44)45)36(25)29(18-30-31(39)20-42(47)21-32(30)40)24-10-11-33(49-2)34(16-24)50-3/h4-11,16-17,20-21,23,29,35H,12-15,18-19,22H2,1-3H3,(H-,44,45,47)/p+1/t29-,35-/m0/s1. The van der Waals surface area contributed by atoms with E-state index < -0.39 is 18.0 Å². The highest BCUT2D eigenvalue weighted by atomic mass is 35.5. The second-order valence-corrected chi connectivity index (χ2v) is 13.5. The van der Waals surface area contributed by atoms with Gasteiger partial charge in [0.15, 0.2) is 11.5 Å². The third kappa shape index (κ3) is 7.80. The number of nitrogens with zero attached hydrogens (tertiary/aromatic N) is 3. The van der Waals surface area contributed by atoms with Crippen LogP contribution in [0.2, 0.25) is 10.0 Å². The maximum atomic E-state index is 14.3. The average Bonchev–Trinajstić information content (AvgIpc) is 3.13. The van der Waals surface area contributed by atoms with Crippen LogP contribution in [0, 0.1) is 5.92 Å². The Morgan fingerprint density at radius 1 is 0.941 bits per heavy atom. The highest BCUT2D eigenvalue weighted by Gasteiger charge is 2.38. The molecule has 4 aromatic rings. The summed E-state index contributed by atoms with van der Waals surface area (Å²) >= 11 is 13.3. The minimum Gasteiger partial charge on any atom is -0.497 e. The number of carbonyl (C=O) groups is 2. The molecule has 7 rings (SSSR count). The summed E-state index contributed by atoms with van der Waals surface area (Å²) in [5, 5.41) is 21.1. The molecule has 1 amide bonds. The van der Waals surface area contributed by atoms with E-state index in [0.29, 0.717) is 51.7 Å². The van der Waals surface area contributed by atoms with Gasteiger partial charge in [0.1, 0.15) is 21.9 Å². The fraction of sp³-hybridized carbons (Fsp3) is 0.342. The molecule has 0 saturated carbocycles. The maximum absolute atomic E-state index is 14.3. The fourth-order valence-electron chi connectivity index (χ4n) is 7.19. The number of carboxylic acid groups (broad SMARTS) is 1. The third-order valence-corrected chi connectivity index (χ3v) is 10.5. The first kappa shape index (κ1) is 36.1. The largest absolute Gasteiger partial charge is 0.497 e. The third-order valence-electron chi connectivity index (χ3n) is 9.82. The topological polar surface area (TPSA) is 122 Å². The first-order valence-corrected chi connectivity index (χ1v) is 17.4. The number of fused-ring (bicyclic) bond motifs is 3. The number of anilines is 1. The van der Waals surface area contributed by atoms with Crippen LogP contribution >= 0.6 is 23.2 Å². The lowest BCUT2D eigenvalue weighted by molar-refractivity contribution is -0.904. The summed E-state index contributed by atoms with van der Waals surface area (Å²) in [5.74, 6) is -0.0783. The summed E-state index contributed by atoms with van der Waals surface area (Å²) in [6.07, 6.45) is 3.90. The fourth-order valence-corrected chi connectivity index (χ4v) is 7.80. The van der Waals surface area contributed by atoms with Gasteiger partial charge in [0.2, 0.25) is 12.4 Å². The molecule has 13 heteroatoms. The molecule has 0 spiro atoms. The minimum atomic E-state index is -1.15. The van der Waals surface area contributed by atoms with Crippen molar-refractivity contribution >= 4 is 41.0 Å². The summed E-state index contributed by atoms with van der Waals surface area (Å²) < 4.78 is 23.6. The SMILES string of the molecule is COc1cccc(N(Cc2cccc(C(=O)O)c2[C@@H](Cc2c(Cl)c[n+](O)cc2Cl)c2ccc(OC)c(OC)c2)C(=O)O[C@H]2CN3CCC2CC3)c1. The van der Waals surface area contributed by atoms with Crippen LogP contribution in [-0.4, -0.2) is 74.3 Å². The second-order valence-electron chi connectivity index (χ2n) is 12.7. The number of ether oxygens (including phenoxy) is 4. The highest BCUT2D eigenvalue weighted by Crippen LogP contribution is 2.41. The van der Waals surface area contributed by atoms with Crippen molar-refractivity contribution < 1.29 is 43.6 Å². The van der Waals surface area contributed by atoms with E-state index in [9.17, 15) is 19.9 Å². The normalized spacial score (nSPS) is 18.5. The predicted octanol–water partition coefficient (Wildman–Crippen LogP) is 6.85. The van der Waals surface area contributed by atoms with Gasteiger partial charge in [-0.25, -0.2) is 9.59 Å². The van der Waals surface area contributed by atoms with E-state index in [2.05, 4.69) is 4.90 Å². The number of halogens is 2.